The van der Waals surface area contributed by atoms with E-state index in [9.17, 15) is 5.11 Å². The van der Waals surface area contributed by atoms with Gasteiger partial charge in [0.1, 0.15) is 16.8 Å². The van der Waals surface area contributed by atoms with E-state index in [0.717, 1.165) is 11.4 Å². The molecule has 1 aromatic rings. The average molecular weight is 272 g/mol. The summed E-state index contributed by atoms with van der Waals surface area (Å²) in [4.78, 5) is 10.8. The highest BCUT2D eigenvalue weighted by molar-refractivity contribution is 6.30. The summed E-state index contributed by atoms with van der Waals surface area (Å²) in [6.45, 7) is 10.3. The van der Waals surface area contributed by atoms with Crippen LogP contribution in [-0.2, 0) is 5.41 Å². The Labute approximate surface area is 114 Å². The molecule has 0 aliphatic rings. The van der Waals surface area contributed by atoms with Gasteiger partial charge in [-0.05, 0) is 13.8 Å². The third-order valence-corrected chi connectivity index (χ3v) is 3.00. The van der Waals surface area contributed by atoms with Gasteiger partial charge in [-0.2, -0.15) is 0 Å². The zero-order valence-corrected chi connectivity index (χ0v) is 12.7. The van der Waals surface area contributed by atoms with Crippen LogP contribution in [0.2, 0.25) is 5.15 Å². The molecule has 102 valence electrons. The van der Waals surface area contributed by atoms with Gasteiger partial charge >= 0.3 is 0 Å². The zero-order chi connectivity index (χ0) is 14.1. The van der Waals surface area contributed by atoms with Crippen LogP contribution in [0.3, 0.4) is 0 Å². The summed E-state index contributed by atoms with van der Waals surface area (Å²) in [5, 5.41) is 9.93. The van der Waals surface area contributed by atoms with Crippen LogP contribution < -0.4 is 4.90 Å². The first-order valence-electron chi connectivity index (χ1n) is 6.06. The predicted molar refractivity (Wildman–Crippen MR) is 75.4 cm³/mol. The van der Waals surface area contributed by atoms with Gasteiger partial charge in [0.05, 0.1) is 6.10 Å². The van der Waals surface area contributed by atoms with Gasteiger partial charge in [-0.25, -0.2) is 9.97 Å². The molecule has 5 heteroatoms. The quantitative estimate of drug-likeness (QED) is 0.859. The standard InChI is InChI=1S/C13H22ClN3O/c1-8(18)7-17(6)11-9(2)10(14)15-12(16-11)13(3,4)5/h8,18H,7H2,1-6H3. The summed E-state index contributed by atoms with van der Waals surface area (Å²) < 4.78 is 0. The first kappa shape index (κ1) is 15.2. The van der Waals surface area contributed by atoms with Crippen molar-refractivity contribution in [2.24, 2.45) is 0 Å². The molecule has 0 aliphatic heterocycles. The Morgan fingerprint density at radius 2 is 1.89 bits per heavy atom. The number of likely N-dealkylation sites (N-methyl/N-ethyl adjacent to an activating group) is 1. The van der Waals surface area contributed by atoms with Crippen molar-refractivity contribution >= 4 is 17.4 Å². The van der Waals surface area contributed by atoms with Gasteiger partial charge in [-0.3, -0.25) is 0 Å². The molecular weight excluding hydrogens is 250 g/mol. The van der Waals surface area contributed by atoms with Crippen molar-refractivity contribution in [2.75, 3.05) is 18.5 Å². The molecule has 0 saturated carbocycles. The summed E-state index contributed by atoms with van der Waals surface area (Å²) in [5.74, 6) is 1.49. The minimum Gasteiger partial charge on any atom is -0.392 e. The lowest BCUT2D eigenvalue weighted by Crippen LogP contribution is -2.29. The maximum atomic E-state index is 9.46. The Balaban J connectivity index is 3.22. The van der Waals surface area contributed by atoms with Crippen molar-refractivity contribution in [3.8, 4) is 0 Å². The van der Waals surface area contributed by atoms with Crippen LogP contribution in [0.4, 0.5) is 5.82 Å². The van der Waals surface area contributed by atoms with Crippen molar-refractivity contribution < 1.29 is 5.11 Å². The van der Waals surface area contributed by atoms with Crippen LogP contribution in [0.25, 0.3) is 0 Å². The van der Waals surface area contributed by atoms with Crippen molar-refractivity contribution in [3.05, 3.63) is 16.5 Å². The topological polar surface area (TPSA) is 49.2 Å². The van der Waals surface area contributed by atoms with Crippen LogP contribution in [0.15, 0.2) is 0 Å². The molecule has 0 aromatic carbocycles. The maximum absolute atomic E-state index is 9.46. The molecule has 4 nitrogen and oxygen atoms in total. The summed E-state index contributed by atoms with van der Waals surface area (Å²) in [5.41, 5.74) is 0.686. The lowest BCUT2D eigenvalue weighted by molar-refractivity contribution is 0.201. The maximum Gasteiger partial charge on any atom is 0.137 e. The second kappa shape index (κ2) is 5.41. The van der Waals surface area contributed by atoms with Gasteiger partial charge in [0, 0.05) is 24.6 Å². The first-order valence-corrected chi connectivity index (χ1v) is 6.44. The normalized spacial score (nSPS) is 13.6. The Kier molecular flexibility index (Phi) is 4.56. The highest BCUT2D eigenvalue weighted by Gasteiger charge is 2.22. The van der Waals surface area contributed by atoms with Gasteiger partial charge in [0.2, 0.25) is 0 Å². The van der Waals surface area contributed by atoms with Crippen LogP contribution in [0, 0.1) is 6.92 Å². The predicted octanol–water partition coefficient (Wildman–Crippen LogP) is 2.55. The molecule has 1 aromatic heterocycles. The van der Waals surface area contributed by atoms with Gasteiger partial charge < -0.3 is 10.0 Å². The summed E-state index contributed by atoms with van der Waals surface area (Å²) in [6, 6.07) is 0. The van der Waals surface area contributed by atoms with Crippen molar-refractivity contribution in [1.29, 1.82) is 0 Å². The van der Waals surface area contributed by atoms with E-state index >= 15 is 0 Å². The van der Waals surface area contributed by atoms with Crippen molar-refractivity contribution in [2.45, 2.75) is 46.1 Å². The molecule has 1 atom stereocenters. The number of aromatic nitrogens is 2. The number of aliphatic hydroxyl groups excluding tert-OH is 1. The molecular formula is C13H22ClN3O. The van der Waals surface area contributed by atoms with Crippen LogP contribution in [0.5, 0.6) is 0 Å². The minimum atomic E-state index is -0.416. The molecule has 1 heterocycles. The number of nitrogens with zero attached hydrogens (tertiary/aromatic N) is 3. The monoisotopic (exact) mass is 271 g/mol. The van der Waals surface area contributed by atoms with Crippen molar-refractivity contribution in [3.63, 3.8) is 0 Å². The molecule has 1 unspecified atom stereocenters. The van der Waals surface area contributed by atoms with E-state index in [1.165, 1.54) is 0 Å². The molecule has 0 radical (unpaired) electrons. The van der Waals surface area contributed by atoms with Crippen molar-refractivity contribution in [1.82, 2.24) is 9.97 Å². The third-order valence-electron chi connectivity index (χ3n) is 2.63. The lowest BCUT2D eigenvalue weighted by Gasteiger charge is -2.25. The zero-order valence-electron chi connectivity index (χ0n) is 12.0. The van der Waals surface area contributed by atoms with Gasteiger partial charge in [-0.15, -0.1) is 0 Å². The van der Waals surface area contributed by atoms with Crippen LogP contribution in [-0.4, -0.2) is 34.8 Å². The first-order chi connectivity index (χ1) is 8.12. The largest absolute Gasteiger partial charge is 0.392 e. The molecule has 18 heavy (non-hydrogen) atoms. The molecule has 0 aliphatic carbocycles. The molecule has 0 bridgehead atoms. The van der Waals surface area contributed by atoms with Gasteiger partial charge in [-0.1, -0.05) is 32.4 Å². The Morgan fingerprint density at radius 1 is 1.33 bits per heavy atom. The Hall–Kier alpha value is -0.870. The molecule has 1 N–H and O–H groups in total. The Bertz CT molecular complexity index is 427. The van der Waals surface area contributed by atoms with Gasteiger partial charge in [0.15, 0.2) is 0 Å². The third kappa shape index (κ3) is 3.56. The van der Waals surface area contributed by atoms with Crippen LogP contribution >= 0.6 is 11.6 Å². The Morgan fingerprint density at radius 3 is 2.33 bits per heavy atom. The van der Waals surface area contributed by atoms with Crippen LogP contribution in [0.1, 0.15) is 39.1 Å². The fourth-order valence-electron chi connectivity index (χ4n) is 1.67. The second-order valence-electron chi connectivity index (χ2n) is 5.77. The lowest BCUT2D eigenvalue weighted by atomic mass is 9.95. The highest BCUT2D eigenvalue weighted by atomic mass is 35.5. The van der Waals surface area contributed by atoms with E-state index in [1.807, 2.05) is 39.6 Å². The second-order valence-corrected chi connectivity index (χ2v) is 6.12. The smallest absolute Gasteiger partial charge is 0.137 e. The molecule has 1 rings (SSSR count). The fraction of sp³-hybridized carbons (Fsp3) is 0.692. The highest BCUT2D eigenvalue weighted by Crippen LogP contribution is 2.27. The molecule has 0 spiro atoms. The van der Waals surface area contributed by atoms with E-state index in [2.05, 4.69) is 9.97 Å². The van der Waals surface area contributed by atoms with E-state index in [1.54, 1.807) is 6.92 Å². The SMILES string of the molecule is Cc1c(Cl)nc(C(C)(C)C)nc1N(C)CC(C)O. The number of hydrogen-bond acceptors (Lipinski definition) is 4. The average Bonchev–Trinajstić information content (AvgIpc) is 2.18. The number of hydrogen-bond donors (Lipinski definition) is 1. The minimum absolute atomic E-state index is 0.155. The van der Waals surface area contributed by atoms with E-state index in [0.29, 0.717) is 17.5 Å². The van der Waals surface area contributed by atoms with E-state index in [-0.39, 0.29) is 5.41 Å². The van der Waals surface area contributed by atoms with E-state index in [4.69, 9.17) is 11.6 Å². The summed E-state index contributed by atoms with van der Waals surface area (Å²) in [7, 11) is 1.89. The summed E-state index contributed by atoms with van der Waals surface area (Å²) >= 11 is 6.17. The fourth-order valence-corrected chi connectivity index (χ4v) is 1.83. The molecule has 0 amide bonds. The van der Waals surface area contributed by atoms with Gasteiger partial charge in [0.25, 0.3) is 0 Å². The number of anilines is 1. The number of halogens is 1. The number of rotatable bonds is 3. The summed E-state index contributed by atoms with van der Waals surface area (Å²) in [6.07, 6.45) is -0.416. The molecule has 0 fully saturated rings. The van der Waals surface area contributed by atoms with E-state index < -0.39 is 6.10 Å². The number of aliphatic hydroxyl groups is 1. The molecule has 0 saturated heterocycles.